The van der Waals surface area contributed by atoms with Crippen molar-refractivity contribution in [3.05, 3.63) is 12.2 Å². The van der Waals surface area contributed by atoms with E-state index in [2.05, 4.69) is 26.0 Å². The molecule has 9 heteroatoms. The summed E-state index contributed by atoms with van der Waals surface area (Å²) in [5.41, 5.74) is 0. The number of ether oxygens (including phenoxy) is 4. The molecule has 0 amide bonds. The fraction of sp³-hybridized carbons (Fsp3) is 0.881. The van der Waals surface area contributed by atoms with Gasteiger partial charge in [0, 0.05) is 12.8 Å². The number of hydrogen-bond donors (Lipinski definition) is 1. The average Bonchev–Trinajstić information content (AvgIpc) is 3.08. The Morgan fingerprint density at radius 2 is 1.00 bits per heavy atom. The Balaban J connectivity index is 4.40. The third-order valence-corrected chi connectivity index (χ3v) is 9.02. The van der Waals surface area contributed by atoms with E-state index in [9.17, 15) is 19.5 Å². The molecule has 0 aromatic carbocycles. The summed E-state index contributed by atoms with van der Waals surface area (Å²) in [6, 6.07) is 0. The molecule has 51 heavy (non-hydrogen) atoms. The number of carbonyl (C=O) groups is 3. The predicted octanol–water partition coefficient (Wildman–Crippen LogP) is 10.3. The van der Waals surface area contributed by atoms with Crippen molar-refractivity contribution in [2.24, 2.45) is 0 Å². The maximum absolute atomic E-state index is 12.7. The maximum atomic E-state index is 12.7. The molecule has 0 fully saturated rings. The van der Waals surface area contributed by atoms with Gasteiger partial charge in [0.2, 0.25) is 0 Å². The van der Waals surface area contributed by atoms with Gasteiger partial charge in [-0.2, -0.15) is 0 Å². The number of nitrogens with zero attached hydrogens (tertiary/aromatic N) is 1. The molecule has 9 nitrogen and oxygen atoms in total. The lowest BCUT2D eigenvalue weighted by Crippen LogP contribution is -2.40. The Bertz CT molecular complexity index is 856. The SMILES string of the molecule is CCCCCCCCC/C=C\CCCCCCCCCC(=O)OC(COC(=O)CCCCCCCCCC)COC(OCC[N+](C)(C)C)C(=O)O. The number of carbonyl (C=O) groups excluding carboxylic acids is 2. The minimum Gasteiger partial charge on any atom is -0.477 e. The van der Waals surface area contributed by atoms with Crippen LogP contribution in [0, 0.1) is 0 Å². The first kappa shape index (κ1) is 49.0. The van der Waals surface area contributed by atoms with Crippen LogP contribution < -0.4 is 0 Å². The fourth-order valence-electron chi connectivity index (χ4n) is 5.71. The summed E-state index contributed by atoms with van der Waals surface area (Å²) in [5.74, 6) is -2.01. The van der Waals surface area contributed by atoms with Crippen LogP contribution in [-0.4, -0.2) is 87.4 Å². The van der Waals surface area contributed by atoms with E-state index < -0.39 is 24.3 Å². The molecule has 2 atom stereocenters. The Kier molecular flexibility index (Phi) is 33.7. The second-order valence-electron chi connectivity index (χ2n) is 15.3. The van der Waals surface area contributed by atoms with Crippen molar-refractivity contribution in [1.82, 2.24) is 0 Å². The quantitative estimate of drug-likeness (QED) is 0.0220. The summed E-state index contributed by atoms with van der Waals surface area (Å²) >= 11 is 0. The molecule has 0 spiro atoms. The van der Waals surface area contributed by atoms with Gasteiger partial charge >= 0.3 is 17.9 Å². The van der Waals surface area contributed by atoms with Gasteiger partial charge in [-0.3, -0.25) is 9.59 Å². The van der Waals surface area contributed by atoms with Gasteiger partial charge in [-0.1, -0.05) is 142 Å². The van der Waals surface area contributed by atoms with Gasteiger partial charge in [0.15, 0.2) is 6.10 Å². The lowest BCUT2D eigenvalue weighted by atomic mass is 10.1. The van der Waals surface area contributed by atoms with Gasteiger partial charge in [0.1, 0.15) is 13.2 Å². The van der Waals surface area contributed by atoms with E-state index in [-0.39, 0.29) is 32.2 Å². The van der Waals surface area contributed by atoms with Crippen LogP contribution in [0.25, 0.3) is 0 Å². The molecule has 0 aromatic rings. The van der Waals surface area contributed by atoms with Crippen molar-refractivity contribution in [2.45, 2.75) is 193 Å². The minimum absolute atomic E-state index is 0.179. The van der Waals surface area contributed by atoms with Crippen molar-refractivity contribution in [1.29, 1.82) is 0 Å². The second kappa shape index (κ2) is 35.1. The molecule has 0 aliphatic heterocycles. The zero-order valence-electron chi connectivity index (χ0n) is 33.8. The van der Waals surface area contributed by atoms with Gasteiger partial charge in [0.05, 0.1) is 34.4 Å². The number of allylic oxidation sites excluding steroid dienone is 2. The van der Waals surface area contributed by atoms with Crippen molar-refractivity contribution in [3.63, 3.8) is 0 Å². The summed E-state index contributed by atoms with van der Waals surface area (Å²) < 4.78 is 22.6. The lowest BCUT2D eigenvalue weighted by molar-refractivity contribution is -0.870. The van der Waals surface area contributed by atoms with Crippen LogP contribution >= 0.6 is 0 Å². The van der Waals surface area contributed by atoms with Gasteiger partial charge in [-0.05, 0) is 38.5 Å². The Morgan fingerprint density at radius 1 is 0.569 bits per heavy atom. The number of carboxylic acids is 1. The highest BCUT2D eigenvalue weighted by molar-refractivity contribution is 5.71. The molecule has 0 aromatic heterocycles. The number of carboxylic acid groups (broad SMARTS) is 1. The molecule has 0 aliphatic carbocycles. The van der Waals surface area contributed by atoms with E-state index in [1.807, 2.05) is 21.1 Å². The number of esters is 2. The first-order chi connectivity index (χ1) is 24.6. The lowest BCUT2D eigenvalue weighted by Gasteiger charge is -2.25. The van der Waals surface area contributed by atoms with Crippen LogP contribution in [0.2, 0.25) is 0 Å². The van der Waals surface area contributed by atoms with Crippen LogP contribution in [0.1, 0.15) is 181 Å². The smallest absolute Gasteiger partial charge is 0.361 e. The molecule has 2 unspecified atom stereocenters. The average molecular weight is 727 g/mol. The molecule has 300 valence electrons. The number of hydrogen-bond acceptors (Lipinski definition) is 7. The van der Waals surface area contributed by atoms with E-state index in [4.69, 9.17) is 18.9 Å². The summed E-state index contributed by atoms with van der Waals surface area (Å²) in [7, 11) is 5.95. The van der Waals surface area contributed by atoms with E-state index in [1.54, 1.807) is 0 Å². The molecular formula is C42H80NO8+. The van der Waals surface area contributed by atoms with Gasteiger partial charge < -0.3 is 28.5 Å². The van der Waals surface area contributed by atoms with Gasteiger partial charge in [0.25, 0.3) is 6.29 Å². The van der Waals surface area contributed by atoms with Crippen LogP contribution in [0.5, 0.6) is 0 Å². The zero-order valence-corrected chi connectivity index (χ0v) is 33.8. The monoisotopic (exact) mass is 727 g/mol. The van der Waals surface area contributed by atoms with Crippen molar-refractivity contribution >= 4 is 17.9 Å². The molecule has 0 saturated carbocycles. The highest BCUT2D eigenvalue weighted by Crippen LogP contribution is 2.14. The fourth-order valence-corrected chi connectivity index (χ4v) is 5.71. The molecular weight excluding hydrogens is 646 g/mol. The Morgan fingerprint density at radius 3 is 1.45 bits per heavy atom. The first-order valence-electron chi connectivity index (χ1n) is 20.9. The molecule has 0 saturated heterocycles. The maximum Gasteiger partial charge on any atom is 0.361 e. The molecule has 0 rings (SSSR count). The number of rotatable bonds is 38. The van der Waals surface area contributed by atoms with E-state index in [0.717, 1.165) is 51.4 Å². The highest BCUT2D eigenvalue weighted by atomic mass is 16.7. The van der Waals surface area contributed by atoms with Crippen LogP contribution in [-0.2, 0) is 33.3 Å². The molecule has 1 N–H and O–H groups in total. The predicted molar refractivity (Wildman–Crippen MR) is 208 cm³/mol. The highest BCUT2D eigenvalue weighted by Gasteiger charge is 2.25. The normalized spacial score (nSPS) is 13.0. The second-order valence-corrected chi connectivity index (χ2v) is 15.3. The van der Waals surface area contributed by atoms with Crippen molar-refractivity contribution in [2.75, 3.05) is 47.5 Å². The molecule has 0 bridgehead atoms. The molecule has 0 heterocycles. The van der Waals surface area contributed by atoms with Gasteiger partial charge in [-0.15, -0.1) is 0 Å². The number of likely N-dealkylation sites (N-methyl/N-ethyl adjacent to an activating group) is 1. The molecule has 0 radical (unpaired) electrons. The third kappa shape index (κ3) is 36.2. The van der Waals surface area contributed by atoms with Crippen molar-refractivity contribution < 1.29 is 42.9 Å². The Labute approximate surface area is 313 Å². The van der Waals surface area contributed by atoms with Crippen LogP contribution in [0.4, 0.5) is 0 Å². The van der Waals surface area contributed by atoms with E-state index in [1.165, 1.54) is 103 Å². The summed E-state index contributed by atoms with van der Waals surface area (Å²) in [4.78, 5) is 36.9. The summed E-state index contributed by atoms with van der Waals surface area (Å²) in [5, 5.41) is 9.59. The zero-order chi connectivity index (χ0) is 37.8. The summed E-state index contributed by atoms with van der Waals surface area (Å²) in [6.07, 6.45) is 31.4. The molecule has 0 aliphatic rings. The largest absolute Gasteiger partial charge is 0.477 e. The van der Waals surface area contributed by atoms with E-state index >= 15 is 0 Å². The number of aliphatic carboxylic acids is 1. The van der Waals surface area contributed by atoms with Crippen LogP contribution in [0.3, 0.4) is 0 Å². The van der Waals surface area contributed by atoms with Crippen molar-refractivity contribution in [3.8, 4) is 0 Å². The topological polar surface area (TPSA) is 108 Å². The number of quaternary nitrogens is 1. The first-order valence-corrected chi connectivity index (χ1v) is 20.9. The van der Waals surface area contributed by atoms with Gasteiger partial charge in [-0.25, -0.2) is 4.79 Å². The third-order valence-electron chi connectivity index (χ3n) is 9.02. The number of unbranched alkanes of at least 4 members (excludes halogenated alkanes) is 21. The minimum atomic E-state index is -1.50. The standard InChI is InChI=1S/C42H79NO8/c1-6-8-10-12-14-16-17-18-19-20-21-22-23-24-25-27-29-31-33-40(45)51-38(37-50-42(41(46)47)48-35-34-43(3,4)5)36-49-39(44)32-30-28-26-15-13-11-9-7-2/h19-20,38,42H,6-18,21-37H2,1-5H3/p+1/b20-19-. The summed E-state index contributed by atoms with van der Waals surface area (Å²) in [6.45, 7) is 4.83. The van der Waals surface area contributed by atoms with E-state index in [0.29, 0.717) is 17.4 Å². The Hall–Kier alpha value is -1.97. The van der Waals surface area contributed by atoms with Crippen LogP contribution in [0.15, 0.2) is 12.2 Å².